The van der Waals surface area contributed by atoms with E-state index in [1.165, 1.54) is 17.7 Å². The van der Waals surface area contributed by atoms with Crippen LogP contribution in [-0.4, -0.2) is 6.54 Å². The molecule has 1 heteroatoms. The minimum Gasteiger partial charge on any atom is -0.384 e. The third-order valence-corrected chi connectivity index (χ3v) is 2.63. The Kier molecular flexibility index (Phi) is 2.26. The Bertz CT molecular complexity index is 291. The first kappa shape index (κ1) is 8.61. The number of benzene rings is 1. The number of anilines is 1. The molecule has 2 atom stereocenters. The molecular formula is C12H16N. The van der Waals surface area contributed by atoms with Crippen molar-refractivity contribution in [1.29, 1.82) is 0 Å². The second kappa shape index (κ2) is 3.41. The van der Waals surface area contributed by atoms with Gasteiger partial charge in [0.05, 0.1) is 0 Å². The van der Waals surface area contributed by atoms with Gasteiger partial charge in [-0.1, -0.05) is 32.0 Å². The lowest BCUT2D eigenvalue weighted by Crippen LogP contribution is -2.05. The average molecular weight is 174 g/mol. The van der Waals surface area contributed by atoms with Gasteiger partial charge in [-0.2, -0.15) is 0 Å². The van der Waals surface area contributed by atoms with Crippen molar-refractivity contribution in [2.24, 2.45) is 5.92 Å². The fourth-order valence-corrected chi connectivity index (χ4v) is 2.05. The molecule has 0 bridgehead atoms. The summed E-state index contributed by atoms with van der Waals surface area (Å²) in [7, 11) is 0. The summed E-state index contributed by atoms with van der Waals surface area (Å²) < 4.78 is 0. The van der Waals surface area contributed by atoms with Crippen molar-refractivity contribution in [2.75, 3.05) is 11.9 Å². The molecule has 1 aliphatic heterocycles. The minimum atomic E-state index is 0.540. The smallest absolute Gasteiger partial charge is 0.0376 e. The van der Waals surface area contributed by atoms with Gasteiger partial charge in [0.2, 0.25) is 0 Å². The van der Waals surface area contributed by atoms with Crippen molar-refractivity contribution in [3.8, 4) is 0 Å². The van der Waals surface area contributed by atoms with Crippen LogP contribution in [0.25, 0.3) is 0 Å². The highest BCUT2D eigenvalue weighted by Crippen LogP contribution is 2.34. The number of fused-ring (bicyclic) bond motifs is 1. The van der Waals surface area contributed by atoms with Gasteiger partial charge < -0.3 is 5.32 Å². The van der Waals surface area contributed by atoms with E-state index in [4.69, 9.17) is 0 Å². The number of hydrogen-bond acceptors (Lipinski definition) is 1. The van der Waals surface area contributed by atoms with Crippen molar-refractivity contribution >= 4 is 5.69 Å². The Hall–Kier alpha value is -0.980. The zero-order chi connectivity index (χ0) is 9.26. The zero-order valence-corrected chi connectivity index (χ0v) is 8.09. The molecule has 1 N–H and O–H groups in total. The molecule has 1 aromatic carbocycles. The summed E-state index contributed by atoms with van der Waals surface area (Å²) in [5, 5.41) is 3.43. The maximum atomic E-state index is 4.05. The normalized spacial score (nSPS) is 20.1. The average Bonchev–Trinajstić information content (AvgIpc) is 2.48. The van der Waals surface area contributed by atoms with Crippen LogP contribution in [-0.2, 0) is 0 Å². The van der Waals surface area contributed by atoms with Crippen LogP contribution in [0.1, 0.15) is 24.8 Å². The Morgan fingerprint density at radius 2 is 2.31 bits per heavy atom. The van der Waals surface area contributed by atoms with E-state index < -0.39 is 0 Å². The molecule has 1 aliphatic rings. The third-order valence-electron chi connectivity index (χ3n) is 2.63. The molecule has 0 aliphatic carbocycles. The van der Waals surface area contributed by atoms with Gasteiger partial charge in [-0.05, 0) is 24.0 Å². The molecule has 2 unspecified atom stereocenters. The third kappa shape index (κ3) is 1.69. The lowest BCUT2D eigenvalue weighted by Gasteiger charge is -2.12. The fourth-order valence-electron chi connectivity index (χ4n) is 2.05. The Morgan fingerprint density at radius 1 is 1.54 bits per heavy atom. The van der Waals surface area contributed by atoms with Crippen LogP contribution in [0.15, 0.2) is 24.3 Å². The first-order valence-electron chi connectivity index (χ1n) is 4.93. The largest absolute Gasteiger partial charge is 0.384 e. The van der Waals surface area contributed by atoms with Crippen molar-refractivity contribution in [2.45, 2.75) is 19.3 Å². The molecule has 1 radical (unpaired) electrons. The van der Waals surface area contributed by atoms with Crippen molar-refractivity contribution < 1.29 is 0 Å². The van der Waals surface area contributed by atoms with E-state index in [1.54, 1.807) is 0 Å². The molecule has 0 fully saturated rings. The van der Waals surface area contributed by atoms with Gasteiger partial charge in [0, 0.05) is 18.2 Å². The van der Waals surface area contributed by atoms with Crippen molar-refractivity contribution in [3.05, 3.63) is 36.8 Å². The summed E-state index contributed by atoms with van der Waals surface area (Å²) in [6.45, 7) is 7.31. The van der Waals surface area contributed by atoms with Crippen LogP contribution >= 0.6 is 0 Å². The number of hydrogen-bond donors (Lipinski definition) is 1. The van der Waals surface area contributed by atoms with E-state index >= 15 is 0 Å². The highest BCUT2D eigenvalue weighted by atomic mass is 14.9. The summed E-state index contributed by atoms with van der Waals surface area (Å²) in [5.74, 6) is 1.21. The molecule has 2 rings (SSSR count). The first-order valence-corrected chi connectivity index (χ1v) is 4.93. The quantitative estimate of drug-likeness (QED) is 0.726. The van der Waals surface area contributed by atoms with Gasteiger partial charge in [0.15, 0.2) is 0 Å². The van der Waals surface area contributed by atoms with Crippen LogP contribution in [0.3, 0.4) is 0 Å². The van der Waals surface area contributed by atoms with Crippen LogP contribution in [0.5, 0.6) is 0 Å². The number of para-hydroxylation sites is 1. The highest BCUT2D eigenvalue weighted by Gasteiger charge is 2.21. The van der Waals surface area contributed by atoms with E-state index in [2.05, 4.69) is 43.4 Å². The van der Waals surface area contributed by atoms with Gasteiger partial charge in [-0.15, -0.1) is 0 Å². The first-order chi connectivity index (χ1) is 6.27. The summed E-state index contributed by atoms with van der Waals surface area (Å²) in [4.78, 5) is 0. The predicted octanol–water partition coefficient (Wildman–Crippen LogP) is 3.06. The van der Waals surface area contributed by atoms with E-state index in [1.807, 2.05) is 0 Å². The Balaban J connectivity index is 2.18. The summed E-state index contributed by atoms with van der Waals surface area (Å²) in [5.41, 5.74) is 2.78. The molecule has 13 heavy (non-hydrogen) atoms. The van der Waals surface area contributed by atoms with Gasteiger partial charge in [0.25, 0.3) is 0 Å². The van der Waals surface area contributed by atoms with E-state index in [0.717, 1.165) is 6.54 Å². The van der Waals surface area contributed by atoms with Gasteiger partial charge >= 0.3 is 0 Å². The second-order valence-corrected chi connectivity index (χ2v) is 4.01. The van der Waals surface area contributed by atoms with E-state index in [9.17, 15) is 0 Å². The molecule has 0 saturated carbocycles. The maximum absolute atomic E-state index is 4.05. The Labute approximate surface area is 80.2 Å². The van der Waals surface area contributed by atoms with Crippen LogP contribution in [0.2, 0.25) is 0 Å². The van der Waals surface area contributed by atoms with Crippen molar-refractivity contribution in [1.82, 2.24) is 0 Å². The number of rotatable bonds is 2. The topological polar surface area (TPSA) is 12.0 Å². The van der Waals surface area contributed by atoms with Crippen LogP contribution in [0, 0.1) is 12.8 Å². The molecule has 0 spiro atoms. The van der Waals surface area contributed by atoms with Gasteiger partial charge in [0.1, 0.15) is 0 Å². The van der Waals surface area contributed by atoms with Crippen molar-refractivity contribution in [3.63, 3.8) is 0 Å². The molecule has 0 saturated heterocycles. The standard InChI is InChI=1S/C12H16N/c1-9(2)7-10-8-13-12-6-4-3-5-11(10)12/h3-6,9-10,13H,1,7-8H2,2H3. The Morgan fingerprint density at radius 3 is 3.08 bits per heavy atom. The highest BCUT2D eigenvalue weighted by molar-refractivity contribution is 5.57. The monoisotopic (exact) mass is 174 g/mol. The van der Waals surface area contributed by atoms with E-state index in [-0.39, 0.29) is 0 Å². The summed E-state index contributed by atoms with van der Waals surface area (Å²) >= 11 is 0. The molecule has 0 aromatic heterocycles. The lowest BCUT2D eigenvalue weighted by molar-refractivity contribution is 0.563. The lowest BCUT2D eigenvalue weighted by atomic mass is 9.92. The second-order valence-electron chi connectivity index (χ2n) is 4.01. The molecule has 0 amide bonds. The molecule has 1 aromatic rings. The SMILES string of the molecule is [CH2]C(C)CC1CNc2ccccc21. The molecule has 1 nitrogen and oxygen atoms in total. The zero-order valence-electron chi connectivity index (χ0n) is 8.09. The number of nitrogens with one attached hydrogen (secondary N) is 1. The fraction of sp³-hybridized carbons (Fsp3) is 0.417. The van der Waals surface area contributed by atoms with Crippen LogP contribution in [0.4, 0.5) is 5.69 Å². The maximum Gasteiger partial charge on any atom is 0.0376 e. The van der Waals surface area contributed by atoms with Gasteiger partial charge in [-0.3, -0.25) is 0 Å². The summed E-state index contributed by atoms with van der Waals surface area (Å²) in [6, 6.07) is 8.58. The molecule has 69 valence electrons. The van der Waals surface area contributed by atoms with Gasteiger partial charge in [-0.25, -0.2) is 0 Å². The predicted molar refractivity (Wildman–Crippen MR) is 56.8 cm³/mol. The molecule has 1 heterocycles. The minimum absolute atomic E-state index is 0.540. The summed E-state index contributed by atoms with van der Waals surface area (Å²) in [6.07, 6.45) is 1.18. The van der Waals surface area contributed by atoms with E-state index in [0.29, 0.717) is 11.8 Å². The van der Waals surface area contributed by atoms with Crippen LogP contribution < -0.4 is 5.32 Å². The molecular weight excluding hydrogens is 158 g/mol.